The van der Waals surface area contributed by atoms with E-state index in [1.807, 2.05) is 12.1 Å². The molecule has 6 aromatic carbocycles. The molecule has 10 rings (SSSR count). The Morgan fingerprint density at radius 1 is 0.569 bits per heavy atom. The standard InChI is InChI=1S/C48H35NO2/c1-2-11-32(12-3-1)35-13-8-14-38(31-35)49(36-27-23-33(24-28-36)39-17-9-19-43-41-15-4-6-21-45(41)50-47(39)43)37-29-25-34(26-30-37)40-18-10-20-44-42-16-5-7-22-46(42)51-48(40)44/h2,4-19,21-31,44H,1,3,20H2. The van der Waals surface area contributed by atoms with Crippen molar-refractivity contribution in [1.82, 2.24) is 0 Å². The summed E-state index contributed by atoms with van der Waals surface area (Å²) in [6.45, 7) is 0. The van der Waals surface area contributed by atoms with E-state index in [0.717, 1.165) is 92.0 Å². The van der Waals surface area contributed by atoms with Crippen LogP contribution < -0.4 is 9.64 Å². The van der Waals surface area contributed by atoms with E-state index in [2.05, 4.69) is 163 Å². The maximum Gasteiger partial charge on any atom is 0.143 e. The van der Waals surface area contributed by atoms with E-state index in [1.54, 1.807) is 0 Å². The zero-order valence-corrected chi connectivity index (χ0v) is 28.1. The lowest BCUT2D eigenvalue weighted by atomic mass is 9.87. The van der Waals surface area contributed by atoms with Crippen molar-refractivity contribution in [3.8, 4) is 16.9 Å². The van der Waals surface area contributed by atoms with Gasteiger partial charge in [0, 0.05) is 50.5 Å². The van der Waals surface area contributed by atoms with Gasteiger partial charge < -0.3 is 14.1 Å². The molecule has 0 fully saturated rings. The molecule has 0 amide bonds. The minimum Gasteiger partial charge on any atom is -0.460 e. The molecule has 0 bridgehead atoms. The van der Waals surface area contributed by atoms with E-state index in [1.165, 1.54) is 16.7 Å². The first-order chi connectivity index (χ1) is 25.3. The van der Waals surface area contributed by atoms with Crippen LogP contribution in [0.25, 0.3) is 44.2 Å². The molecule has 51 heavy (non-hydrogen) atoms. The van der Waals surface area contributed by atoms with Crippen LogP contribution in [-0.2, 0) is 0 Å². The van der Waals surface area contributed by atoms with Crippen molar-refractivity contribution in [3.63, 3.8) is 0 Å². The van der Waals surface area contributed by atoms with Crippen molar-refractivity contribution in [2.24, 2.45) is 0 Å². The smallest absolute Gasteiger partial charge is 0.143 e. The molecule has 2 aliphatic carbocycles. The number of furan rings is 1. The van der Waals surface area contributed by atoms with Crippen molar-refractivity contribution in [2.45, 2.75) is 25.2 Å². The highest BCUT2D eigenvalue weighted by Gasteiger charge is 2.32. The van der Waals surface area contributed by atoms with E-state index in [0.29, 0.717) is 0 Å². The number of anilines is 3. The summed E-state index contributed by atoms with van der Waals surface area (Å²) in [7, 11) is 0. The van der Waals surface area contributed by atoms with E-state index in [4.69, 9.17) is 9.15 Å². The van der Waals surface area contributed by atoms with Gasteiger partial charge in [-0.1, -0.05) is 121 Å². The van der Waals surface area contributed by atoms with Gasteiger partial charge >= 0.3 is 0 Å². The number of nitrogens with zero attached hydrogens (tertiary/aromatic N) is 1. The van der Waals surface area contributed by atoms with Crippen LogP contribution in [0, 0.1) is 0 Å². The quantitative estimate of drug-likeness (QED) is 0.178. The summed E-state index contributed by atoms with van der Waals surface area (Å²) >= 11 is 0. The Kier molecular flexibility index (Phi) is 7.09. The van der Waals surface area contributed by atoms with Gasteiger partial charge in [-0.15, -0.1) is 0 Å². The van der Waals surface area contributed by atoms with Crippen LogP contribution in [0.2, 0.25) is 0 Å². The van der Waals surface area contributed by atoms with Gasteiger partial charge in [-0.05, 0) is 90.1 Å². The Labute approximate surface area is 297 Å². The van der Waals surface area contributed by atoms with Gasteiger partial charge in [0.15, 0.2) is 0 Å². The molecule has 1 aliphatic heterocycles. The Balaban J connectivity index is 1.05. The molecule has 0 N–H and O–H groups in total. The Hall–Kier alpha value is -6.32. The lowest BCUT2D eigenvalue weighted by molar-refractivity contribution is 0.429. The Morgan fingerprint density at radius 3 is 2.18 bits per heavy atom. The highest BCUT2D eigenvalue weighted by atomic mass is 16.5. The number of hydrogen-bond acceptors (Lipinski definition) is 3. The number of fused-ring (bicyclic) bond motifs is 6. The van der Waals surface area contributed by atoms with E-state index < -0.39 is 0 Å². The van der Waals surface area contributed by atoms with Gasteiger partial charge in [0.2, 0.25) is 0 Å². The number of rotatable bonds is 6. The third kappa shape index (κ3) is 5.13. The fraction of sp³-hybridized carbons (Fsp3) is 0.0833. The Morgan fingerprint density at radius 2 is 1.33 bits per heavy atom. The molecular weight excluding hydrogens is 623 g/mol. The van der Waals surface area contributed by atoms with Gasteiger partial charge in [-0.2, -0.15) is 0 Å². The molecule has 244 valence electrons. The molecule has 0 saturated heterocycles. The second-order valence-electron chi connectivity index (χ2n) is 13.5. The summed E-state index contributed by atoms with van der Waals surface area (Å²) in [4.78, 5) is 2.35. The van der Waals surface area contributed by atoms with Crippen LogP contribution in [0.5, 0.6) is 5.75 Å². The molecule has 0 radical (unpaired) electrons. The second kappa shape index (κ2) is 12.2. The van der Waals surface area contributed by atoms with Crippen LogP contribution in [0.3, 0.4) is 0 Å². The number of benzene rings is 6. The molecule has 0 spiro atoms. The molecule has 1 atom stereocenters. The van der Waals surface area contributed by atoms with Gasteiger partial charge in [-0.25, -0.2) is 0 Å². The van der Waals surface area contributed by atoms with Crippen molar-refractivity contribution in [3.05, 3.63) is 192 Å². The Bertz CT molecular complexity index is 2580. The summed E-state index contributed by atoms with van der Waals surface area (Å²) in [5.41, 5.74) is 13.4. The second-order valence-corrected chi connectivity index (χ2v) is 13.5. The van der Waals surface area contributed by atoms with Crippen LogP contribution >= 0.6 is 0 Å². The fourth-order valence-electron chi connectivity index (χ4n) is 7.97. The third-order valence-corrected chi connectivity index (χ3v) is 10.5. The van der Waals surface area contributed by atoms with Gasteiger partial charge in [0.25, 0.3) is 0 Å². The maximum absolute atomic E-state index is 6.46. The van der Waals surface area contributed by atoms with E-state index >= 15 is 0 Å². The first-order valence-electron chi connectivity index (χ1n) is 17.8. The number of ether oxygens (including phenoxy) is 1. The molecule has 3 aliphatic rings. The summed E-state index contributed by atoms with van der Waals surface area (Å²) in [6.07, 6.45) is 14.5. The summed E-state index contributed by atoms with van der Waals surface area (Å²) < 4.78 is 12.8. The zero-order valence-electron chi connectivity index (χ0n) is 28.1. The van der Waals surface area contributed by atoms with Crippen LogP contribution in [0.4, 0.5) is 17.1 Å². The first-order valence-corrected chi connectivity index (χ1v) is 17.8. The normalized spacial score (nSPS) is 16.2. The number of para-hydroxylation sites is 3. The van der Waals surface area contributed by atoms with Crippen molar-refractivity contribution < 1.29 is 9.15 Å². The molecule has 1 aromatic heterocycles. The van der Waals surface area contributed by atoms with Crippen LogP contribution in [-0.4, -0.2) is 0 Å². The lowest BCUT2D eigenvalue weighted by Crippen LogP contribution is -2.10. The first kappa shape index (κ1) is 29.6. The SMILES string of the molecule is C1=CC(c2cccc(N(c3ccc(C4=C5Oc6ccccc6C5CC=C4)cc3)c3ccc(-c4cccc5c4oc4ccccc45)cc3)c2)=CCC1. The zero-order chi connectivity index (χ0) is 33.7. The molecule has 2 heterocycles. The molecular formula is C48H35NO2. The summed E-state index contributed by atoms with van der Waals surface area (Å²) in [6, 6.07) is 49.8. The number of hydrogen-bond donors (Lipinski definition) is 0. The largest absolute Gasteiger partial charge is 0.460 e. The van der Waals surface area contributed by atoms with Gasteiger partial charge in [-0.3, -0.25) is 0 Å². The monoisotopic (exact) mass is 657 g/mol. The lowest BCUT2D eigenvalue weighted by Gasteiger charge is -2.27. The van der Waals surface area contributed by atoms with Crippen molar-refractivity contribution >= 4 is 50.1 Å². The third-order valence-electron chi connectivity index (χ3n) is 10.5. The van der Waals surface area contributed by atoms with E-state index in [9.17, 15) is 0 Å². The minimum absolute atomic E-state index is 0.271. The van der Waals surface area contributed by atoms with Crippen molar-refractivity contribution in [1.29, 1.82) is 0 Å². The topological polar surface area (TPSA) is 25.6 Å². The minimum atomic E-state index is 0.271. The van der Waals surface area contributed by atoms with Crippen LogP contribution in [0.15, 0.2) is 180 Å². The highest BCUT2D eigenvalue weighted by Crippen LogP contribution is 2.48. The maximum atomic E-state index is 6.46. The van der Waals surface area contributed by atoms with Crippen molar-refractivity contribution in [2.75, 3.05) is 4.90 Å². The molecule has 7 aromatic rings. The average Bonchev–Trinajstić information content (AvgIpc) is 3.78. The summed E-state index contributed by atoms with van der Waals surface area (Å²) in [5, 5.41) is 2.28. The molecule has 3 nitrogen and oxygen atoms in total. The van der Waals surface area contributed by atoms with Gasteiger partial charge in [0.05, 0.1) is 0 Å². The van der Waals surface area contributed by atoms with Gasteiger partial charge in [0.1, 0.15) is 22.7 Å². The average molecular weight is 658 g/mol. The molecule has 0 saturated carbocycles. The van der Waals surface area contributed by atoms with E-state index in [-0.39, 0.29) is 5.92 Å². The number of allylic oxidation sites excluding steroid dienone is 8. The highest BCUT2D eigenvalue weighted by molar-refractivity contribution is 6.09. The predicted molar refractivity (Wildman–Crippen MR) is 211 cm³/mol. The van der Waals surface area contributed by atoms with Crippen LogP contribution in [0.1, 0.15) is 41.9 Å². The summed E-state index contributed by atoms with van der Waals surface area (Å²) in [5.74, 6) is 2.30. The molecule has 3 heteroatoms. The predicted octanol–water partition coefficient (Wildman–Crippen LogP) is 13.3. The molecule has 1 unspecified atom stereocenters. The fourth-order valence-corrected chi connectivity index (χ4v) is 7.97.